The van der Waals surface area contributed by atoms with Crippen LogP contribution in [0.4, 0.5) is 5.00 Å². The number of nitrogens with zero attached hydrogens (tertiary/aromatic N) is 2. The molecule has 0 bridgehead atoms. The lowest BCUT2D eigenvalue weighted by Gasteiger charge is -2.09. The summed E-state index contributed by atoms with van der Waals surface area (Å²) in [7, 11) is 0. The smallest absolute Gasteiger partial charge is 0.341 e. The van der Waals surface area contributed by atoms with E-state index in [-0.39, 0.29) is 24.6 Å². The lowest BCUT2D eigenvalue weighted by Crippen LogP contribution is -2.27. The van der Waals surface area contributed by atoms with Crippen molar-refractivity contribution >= 4 is 49.8 Å². The van der Waals surface area contributed by atoms with Gasteiger partial charge >= 0.3 is 5.97 Å². The molecule has 0 atom stereocenters. The number of carbonyl (C=O) groups excluding carboxylic acids is 2. The molecule has 0 aliphatic heterocycles. The topological polar surface area (TPSA) is 90.3 Å². The van der Waals surface area contributed by atoms with Gasteiger partial charge in [-0.2, -0.15) is 0 Å². The molecule has 1 amide bonds. The highest BCUT2D eigenvalue weighted by Gasteiger charge is 2.28. The molecule has 0 radical (unpaired) electrons. The molecule has 0 spiro atoms. The van der Waals surface area contributed by atoms with Crippen LogP contribution in [0.5, 0.6) is 0 Å². The predicted octanol–water partition coefficient (Wildman–Crippen LogP) is 3.39. The maximum Gasteiger partial charge on any atom is 0.341 e. The van der Waals surface area contributed by atoms with Crippen LogP contribution in [0, 0.1) is 0 Å². The van der Waals surface area contributed by atoms with Crippen molar-refractivity contribution in [3.63, 3.8) is 0 Å². The number of amides is 1. The zero-order valence-electron chi connectivity index (χ0n) is 16.2. The van der Waals surface area contributed by atoms with Crippen LogP contribution in [0.3, 0.4) is 0 Å². The Labute approximate surface area is 175 Å². The molecule has 0 aromatic carbocycles. The minimum atomic E-state index is -0.409. The Balaban J connectivity index is 1.58. The summed E-state index contributed by atoms with van der Waals surface area (Å²) in [5, 5.41) is 3.85. The second-order valence-corrected chi connectivity index (χ2v) is 9.01. The molecule has 9 heteroatoms. The molecule has 1 N–H and O–H groups in total. The average molecular weight is 432 g/mol. The first kappa shape index (κ1) is 19.8. The molecular formula is C20H21N3O4S2. The van der Waals surface area contributed by atoms with Crippen molar-refractivity contribution in [1.29, 1.82) is 0 Å². The third kappa shape index (κ3) is 3.72. The molecule has 3 aromatic rings. The summed E-state index contributed by atoms with van der Waals surface area (Å²) in [5.74, 6) is -0.780. The summed E-state index contributed by atoms with van der Waals surface area (Å²) >= 11 is 2.91. The zero-order valence-corrected chi connectivity index (χ0v) is 17.9. The highest BCUT2D eigenvalue weighted by atomic mass is 32.1. The number of anilines is 1. The van der Waals surface area contributed by atoms with E-state index in [1.165, 1.54) is 33.6 Å². The Morgan fingerprint density at radius 3 is 2.86 bits per heavy atom. The molecule has 152 valence electrons. The summed E-state index contributed by atoms with van der Waals surface area (Å²) in [5.41, 5.74) is 1.21. The number of ether oxygens (including phenoxy) is 1. The van der Waals surface area contributed by atoms with Crippen molar-refractivity contribution < 1.29 is 14.3 Å². The maximum atomic E-state index is 12.7. The number of aromatic nitrogens is 2. The van der Waals surface area contributed by atoms with E-state index in [4.69, 9.17) is 4.74 Å². The van der Waals surface area contributed by atoms with E-state index in [0.29, 0.717) is 20.8 Å². The van der Waals surface area contributed by atoms with Crippen LogP contribution < -0.4 is 10.9 Å². The molecule has 0 saturated carbocycles. The summed E-state index contributed by atoms with van der Waals surface area (Å²) in [4.78, 5) is 45.0. The van der Waals surface area contributed by atoms with Gasteiger partial charge in [0, 0.05) is 9.75 Å². The second kappa shape index (κ2) is 8.08. The number of rotatable bonds is 6. The van der Waals surface area contributed by atoms with Gasteiger partial charge in [0.1, 0.15) is 16.4 Å². The first-order valence-electron chi connectivity index (χ1n) is 9.61. The molecule has 29 heavy (non-hydrogen) atoms. The van der Waals surface area contributed by atoms with Gasteiger partial charge in [0.15, 0.2) is 0 Å². The molecule has 4 rings (SSSR count). The summed E-state index contributed by atoms with van der Waals surface area (Å²) in [6.45, 7) is 3.89. The van der Waals surface area contributed by atoms with E-state index in [1.54, 1.807) is 6.92 Å². The first-order valence-corrected chi connectivity index (χ1v) is 11.2. The number of thiophene rings is 2. The number of hydrogen-bond donors (Lipinski definition) is 1. The number of carbonyl (C=O) groups is 2. The molecule has 3 aromatic heterocycles. The van der Waals surface area contributed by atoms with Crippen LogP contribution in [-0.4, -0.2) is 28.0 Å². The molecule has 7 nitrogen and oxygen atoms in total. The van der Waals surface area contributed by atoms with E-state index < -0.39 is 5.97 Å². The molecule has 0 saturated heterocycles. The minimum absolute atomic E-state index is 0.163. The van der Waals surface area contributed by atoms with Gasteiger partial charge in [-0.15, -0.1) is 22.7 Å². The quantitative estimate of drug-likeness (QED) is 0.604. The highest BCUT2D eigenvalue weighted by molar-refractivity contribution is 7.18. The van der Waals surface area contributed by atoms with Gasteiger partial charge in [-0.25, -0.2) is 9.78 Å². The Kier molecular flexibility index (Phi) is 5.51. The van der Waals surface area contributed by atoms with Crippen molar-refractivity contribution in [2.75, 3.05) is 11.9 Å². The van der Waals surface area contributed by atoms with Crippen LogP contribution in [0.15, 0.2) is 17.2 Å². The summed E-state index contributed by atoms with van der Waals surface area (Å²) in [6, 6.07) is 1.84. The van der Waals surface area contributed by atoms with E-state index in [1.807, 2.05) is 13.0 Å². The average Bonchev–Trinajstić information content (AvgIpc) is 3.38. The van der Waals surface area contributed by atoms with Crippen LogP contribution in [0.1, 0.15) is 45.9 Å². The third-order valence-electron chi connectivity index (χ3n) is 4.89. The van der Waals surface area contributed by atoms with Gasteiger partial charge in [-0.05, 0) is 44.2 Å². The molecule has 0 fully saturated rings. The maximum absolute atomic E-state index is 12.7. The Hall–Kier alpha value is -2.52. The second-order valence-electron chi connectivity index (χ2n) is 6.79. The van der Waals surface area contributed by atoms with Gasteiger partial charge in [0.2, 0.25) is 5.91 Å². The zero-order chi connectivity index (χ0) is 20.5. The standard InChI is InChI=1S/C20H21N3O4S2/c1-3-11-8-13-17(28-11)21-10-23(19(13)25)9-15(24)22-18-16(20(26)27-4-2)12-6-5-7-14(12)29-18/h8,10H,3-7,9H2,1-2H3,(H,22,24). The molecule has 0 unspecified atom stereocenters. The van der Waals surface area contributed by atoms with Gasteiger partial charge in [-0.3, -0.25) is 14.2 Å². The normalized spacial score (nSPS) is 12.9. The van der Waals surface area contributed by atoms with Crippen molar-refractivity contribution in [1.82, 2.24) is 9.55 Å². The van der Waals surface area contributed by atoms with Crippen molar-refractivity contribution in [2.24, 2.45) is 0 Å². The monoisotopic (exact) mass is 431 g/mol. The predicted molar refractivity (Wildman–Crippen MR) is 114 cm³/mol. The molecule has 1 aliphatic rings. The Morgan fingerprint density at radius 1 is 1.28 bits per heavy atom. The van der Waals surface area contributed by atoms with Gasteiger partial charge in [0.25, 0.3) is 5.56 Å². The first-order chi connectivity index (χ1) is 14.0. The number of esters is 1. The SMILES string of the molecule is CCOC(=O)c1c(NC(=O)Cn2cnc3sc(CC)cc3c2=O)sc2c1CCC2. The molecule has 1 aliphatic carbocycles. The van der Waals surface area contributed by atoms with Crippen LogP contribution in [-0.2, 0) is 35.3 Å². The third-order valence-corrected chi connectivity index (χ3v) is 7.28. The fourth-order valence-corrected chi connectivity index (χ4v) is 5.75. The van der Waals surface area contributed by atoms with Crippen molar-refractivity contribution in [3.05, 3.63) is 43.6 Å². The summed E-state index contributed by atoms with van der Waals surface area (Å²) < 4.78 is 6.49. The number of hydrogen-bond acceptors (Lipinski definition) is 7. The minimum Gasteiger partial charge on any atom is -0.462 e. The van der Waals surface area contributed by atoms with Crippen LogP contribution in [0.2, 0.25) is 0 Å². The van der Waals surface area contributed by atoms with Gasteiger partial charge in [-0.1, -0.05) is 6.92 Å². The van der Waals surface area contributed by atoms with Crippen molar-refractivity contribution in [2.45, 2.75) is 46.1 Å². The van der Waals surface area contributed by atoms with E-state index in [0.717, 1.165) is 41.0 Å². The fraction of sp³-hybridized carbons (Fsp3) is 0.400. The van der Waals surface area contributed by atoms with E-state index >= 15 is 0 Å². The van der Waals surface area contributed by atoms with Crippen LogP contribution >= 0.6 is 22.7 Å². The van der Waals surface area contributed by atoms with Gasteiger partial charge in [0.05, 0.1) is 23.9 Å². The Bertz CT molecular complexity index is 1160. The van der Waals surface area contributed by atoms with Crippen LogP contribution in [0.25, 0.3) is 10.2 Å². The lowest BCUT2D eigenvalue weighted by molar-refractivity contribution is -0.116. The number of fused-ring (bicyclic) bond motifs is 2. The largest absolute Gasteiger partial charge is 0.462 e. The van der Waals surface area contributed by atoms with Crippen molar-refractivity contribution in [3.8, 4) is 0 Å². The number of aryl methyl sites for hydroxylation is 2. The highest BCUT2D eigenvalue weighted by Crippen LogP contribution is 2.39. The Morgan fingerprint density at radius 2 is 2.10 bits per heavy atom. The number of nitrogens with one attached hydrogen (secondary N) is 1. The molecular weight excluding hydrogens is 410 g/mol. The fourth-order valence-electron chi connectivity index (χ4n) is 3.53. The molecule has 3 heterocycles. The lowest BCUT2D eigenvalue weighted by atomic mass is 10.1. The van der Waals surface area contributed by atoms with E-state index in [2.05, 4.69) is 10.3 Å². The summed E-state index contributed by atoms with van der Waals surface area (Å²) in [6.07, 6.45) is 4.96. The van der Waals surface area contributed by atoms with Gasteiger partial charge < -0.3 is 10.1 Å². The van der Waals surface area contributed by atoms with E-state index in [9.17, 15) is 14.4 Å².